The Morgan fingerprint density at radius 1 is 1.29 bits per heavy atom. The van der Waals surface area contributed by atoms with Crippen molar-refractivity contribution in [2.75, 3.05) is 0 Å². The van der Waals surface area contributed by atoms with Crippen LogP contribution in [0.4, 0.5) is 0 Å². The number of fused-ring (bicyclic) bond motifs is 1. The normalized spacial score (nSPS) is 19.6. The lowest BCUT2D eigenvalue weighted by Gasteiger charge is -2.06. The van der Waals surface area contributed by atoms with E-state index in [9.17, 15) is 0 Å². The van der Waals surface area contributed by atoms with Crippen molar-refractivity contribution in [2.45, 2.75) is 11.1 Å². The fourth-order valence-electron chi connectivity index (χ4n) is 1.79. The van der Waals surface area contributed by atoms with E-state index < -0.39 is 0 Å². The van der Waals surface area contributed by atoms with Crippen LogP contribution in [-0.2, 0) is 5.88 Å². The van der Waals surface area contributed by atoms with Gasteiger partial charge in [0.2, 0.25) is 0 Å². The minimum atomic E-state index is 0.422. The summed E-state index contributed by atoms with van der Waals surface area (Å²) in [6.07, 6.45) is 3.99. The Hall–Kier alpha value is -1.22. The Morgan fingerprint density at radius 3 is 3.14 bits per heavy atom. The maximum Gasteiger partial charge on any atom is 0.0888 e. The summed E-state index contributed by atoms with van der Waals surface area (Å²) in [5.74, 6) is 1.05. The number of rotatable bonds is 1. The van der Waals surface area contributed by atoms with Crippen LogP contribution >= 0.6 is 11.8 Å². The third kappa shape index (κ3) is 1.16. The first kappa shape index (κ1) is 8.12. The monoisotopic (exact) mass is 202 g/mol. The molecular weight excluding hydrogens is 192 g/mol. The summed E-state index contributed by atoms with van der Waals surface area (Å²) in [4.78, 5) is 4.41. The van der Waals surface area contributed by atoms with Gasteiger partial charge in [-0.15, -0.1) is 11.8 Å². The lowest BCUT2D eigenvalue weighted by atomic mass is 10.2. The van der Waals surface area contributed by atoms with Crippen LogP contribution in [0.15, 0.2) is 42.7 Å². The summed E-state index contributed by atoms with van der Waals surface area (Å²) in [6, 6.07) is 10.4. The summed E-state index contributed by atoms with van der Waals surface area (Å²) in [5, 5.41) is 0.422. The van der Waals surface area contributed by atoms with Crippen LogP contribution in [-0.4, -0.2) is 9.55 Å². The van der Waals surface area contributed by atoms with Crippen LogP contribution in [0.1, 0.15) is 16.6 Å². The van der Waals surface area contributed by atoms with Crippen molar-refractivity contribution in [3.05, 3.63) is 54.1 Å². The molecule has 0 radical (unpaired) electrons. The Morgan fingerprint density at radius 2 is 2.29 bits per heavy atom. The van der Waals surface area contributed by atoms with Crippen molar-refractivity contribution in [3.63, 3.8) is 0 Å². The molecule has 0 saturated carbocycles. The van der Waals surface area contributed by atoms with Crippen molar-refractivity contribution < 1.29 is 0 Å². The van der Waals surface area contributed by atoms with Crippen LogP contribution in [0.25, 0.3) is 0 Å². The van der Waals surface area contributed by atoms with Gasteiger partial charge in [-0.05, 0) is 24.3 Å². The average molecular weight is 202 g/mol. The molecule has 1 unspecified atom stereocenters. The smallest absolute Gasteiger partial charge is 0.0888 e. The zero-order chi connectivity index (χ0) is 9.38. The van der Waals surface area contributed by atoms with Gasteiger partial charge in [-0.3, -0.25) is 4.98 Å². The summed E-state index contributed by atoms with van der Waals surface area (Å²) in [7, 11) is 0. The molecule has 2 nitrogen and oxygen atoms in total. The van der Waals surface area contributed by atoms with Crippen LogP contribution < -0.4 is 0 Å². The van der Waals surface area contributed by atoms with Gasteiger partial charge >= 0.3 is 0 Å². The molecule has 1 atom stereocenters. The molecule has 1 aliphatic heterocycles. The highest BCUT2D eigenvalue weighted by atomic mass is 32.2. The maximum atomic E-state index is 4.41. The van der Waals surface area contributed by atoms with Crippen LogP contribution in [0.5, 0.6) is 0 Å². The fraction of sp³-hybridized carbons (Fsp3) is 0.182. The molecule has 3 heteroatoms. The first-order valence-electron chi connectivity index (χ1n) is 4.63. The minimum absolute atomic E-state index is 0.422. The van der Waals surface area contributed by atoms with E-state index in [1.165, 1.54) is 5.69 Å². The molecule has 0 aromatic carbocycles. The standard InChI is InChI=1S/C11H10N2S/c1-2-6-12-9(4-1)11-10-5-3-7-13(10)8-14-11/h1-7,11H,8H2. The maximum absolute atomic E-state index is 4.41. The Bertz CT molecular complexity index is 436. The summed E-state index contributed by atoms with van der Waals surface area (Å²) in [5.41, 5.74) is 2.53. The lowest BCUT2D eigenvalue weighted by molar-refractivity contribution is 0.862. The zero-order valence-electron chi connectivity index (χ0n) is 7.63. The third-order valence-electron chi connectivity index (χ3n) is 2.47. The van der Waals surface area contributed by atoms with Gasteiger partial charge in [-0.25, -0.2) is 0 Å². The van der Waals surface area contributed by atoms with Crippen LogP contribution in [0.3, 0.4) is 0 Å². The highest BCUT2D eigenvalue weighted by Gasteiger charge is 2.24. The highest BCUT2D eigenvalue weighted by molar-refractivity contribution is 7.99. The molecule has 0 bridgehead atoms. The summed E-state index contributed by atoms with van der Waals surface area (Å²) in [6.45, 7) is 0. The van der Waals surface area contributed by atoms with E-state index in [1.54, 1.807) is 0 Å². The SMILES string of the molecule is c1ccc(C2SCn3cccc32)nc1. The largest absolute Gasteiger partial charge is 0.340 e. The first-order valence-corrected chi connectivity index (χ1v) is 5.67. The van der Waals surface area contributed by atoms with E-state index >= 15 is 0 Å². The molecule has 2 aromatic rings. The van der Waals surface area contributed by atoms with Crippen LogP contribution in [0, 0.1) is 0 Å². The Balaban J connectivity index is 2.03. The van der Waals surface area contributed by atoms with Gasteiger partial charge in [0.25, 0.3) is 0 Å². The van der Waals surface area contributed by atoms with Gasteiger partial charge in [-0.1, -0.05) is 6.07 Å². The number of thioether (sulfide) groups is 1. The molecule has 14 heavy (non-hydrogen) atoms. The van der Waals surface area contributed by atoms with Gasteiger partial charge in [0.05, 0.1) is 16.8 Å². The number of hydrogen-bond acceptors (Lipinski definition) is 2. The lowest BCUT2D eigenvalue weighted by Crippen LogP contribution is -1.96. The number of pyridine rings is 1. The van der Waals surface area contributed by atoms with Crippen molar-refractivity contribution in [1.82, 2.24) is 9.55 Å². The molecule has 3 rings (SSSR count). The molecule has 0 spiro atoms. The second kappa shape index (κ2) is 3.17. The second-order valence-electron chi connectivity index (χ2n) is 3.33. The predicted molar refractivity (Wildman–Crippen MR) is 58.1 cm³/mol. The molecule has 0 amide bonds. The molecule has 2 aromatic heterocycles. The van der Waals surface area contributed by atoms with Crippen molar-refractivity contribution in [2.24, 2.45) is 0 Å². The molecule has 0 N–H and O–H groups in total. The first-order chi connectivity index (χ1) is 6.95. The van der Waals surface area contributed by atoms with E-state index in [-0.39, 0.29) is 0 Å². The van der Waals surface area contributed by atoms with E-state index in [2.05, 4.69) is 40.0 Å². The zero-order valence-corrected chi connectivity index (χ0v) is 8.45. The number of hydrogen-bond donors (Lipinski definition) is 0. The molecule has 0 fully saturated rings. The second-order valence-corrected chi connectivity index (χ2v) is 4.40. The van der Waals surface area contributed by atoms with Gasteiger partial charge < -0.3 is 4.57 Å². The van der Waals surface area contributed by atoms with E-state index in [0.29, 0.717) is 5.25 Å². The van der Waals surface area contributed by atoms with Crippen molar-refractivity contribution >= 4 is 11.8 Å². The quantitative estimate of drug-likeness (QED) is 0.707. The van der Waals surface area contributed by atoms with E-state index in [0.717, 1.165) is 11.6 Å². The van der Waals surface area contributed by atoms with E-state index in [4.69, 9.17) is 0 Å². The van der Waals surface area contributed by atoms with Crippen molar-refractivity contribution in [1.29, 1.82) is 0 Å². The molecule has 3 heterocycles. The molecular formula is C11H10N2S. The summed E-state index contributed by atoms with van der Waals surface area (Å²) < 4.78 is 2.28. The third-order valence-corrected chi connectivity index (χ3v) is 3.71. The van der Waals surface area contributed by atoms with Gasteiger partial charge in [-0.2, -0.15) is 0 Å². The summed E-state index contributed by atoms with van der Waals surface area (Å²) >= 11 is 1.93. The molecule has 1 aliphatic rings. The van der Waals surface area contributed by atoms with Gasteiger partial charge in [0, 0.05) is 18.1 Å². The Labute approximate surface area is 87.0 Å². The molecule has 0 aliphatic carbocycles. The topological polar surface area (TPSA) is 17.8 Å². The average Bonchev–Trinajstić information content (AvgIpc) is 2.79. The predicted octanol–water partition coefficient (Wildman–Crippen LogP) is 2.68. The Kier molecular flexibility index (Phi) is 1.84. The van der Waals surface area contributed by atoms with Gasteiger partial charge in [0.1, 0.15) is 0 Å². The fourth-order valence-corrected chi connectivity index (χ4v) is 3.03. The highest BCUT2D eigenvalue weighted by Crippen LogP contribution is 2.41. The number of nitrogens with zero attached hydrogens (tertiary/aromatic N) is 2. The van der Waals surface area contributed by atoms with Gasteiger partial charge in [0.15, 0.2) is 0 Å². The molecule has 70 valence electrons. The van der Waals surface area contributed by atoms with Crippen molar-refractivity contribution in [3.8, 4) is 0 Å². The molecule has 0 saturated heterocycles. The minimum Gasteiger partial charge on any atom is -0.340 e. The van der Waals surface area contributed by atoms with Crippen LogP contribution in [0.2, 0.25) is 0 Å². The van der Waals surface area contributed by atoms with E-state index in [1.807, 2.05) is 24.0 Å². The number of aromatic nitrogens is 2.